The van der Waals surface area contributed by atoms with Gasteiger partial charge in [-0.2, -0.15) is 0 Å². The summed E-state index contributed by atoms with van der Waals surface area (Å²) in [6.45, 7) is 4.19. The summed E-state index contributed by atoms with van der Waals surface area (Å²) in [7, 11) is 0. The first-order valence-electron chi connectivity index (χ1n) is 13.6. The highest BCUT2D eigenvalue weighted by molar-refractivity contribution is 5.78. The third-order valence-corrected chi connectivity index (χ3v) is 6.61. The van der Waals surface area contributed by atoms with Gasteiger partial charge in [0, 0.05) is 23.5 Å². The maximum Gasteiger partial charge on any atom is 0.313 e. The Morgan fingerprint density at radius 2 is 1.10 bits per heavy atom. The zero-order valence-electron chi connectivity index (χ0n) is 22.9. The van der Waals surface area contributed by atoms with Gasteiger partial charge in [0.25, 0.3) is 0 Å². The molecule has 4 heteroatoms. The molecule has 40 heavy (non-hydrogen) atoms. The molecular weight excluding hydrogens is 494 g/mol. The van der Waals surface area contributed by atoms with Crippen LogP contribution in [0.25, 0.3) is 11.1 Å². The highest BCUT2D eigenvalue weighted by Gasteiger charge is 2.13. The third-order valence-electron chi connectivity index (χ3n) is 6.61. The number of benzene rings is 5. The molecule has 0 N–H and O–H groups in total. The minimum atomic E-state index is -0.227. The number of hydrogen-bond donors (Lipinski definition) is 0. The molecule has 0 spiro atoms. The van der Waals surface area contributed by atoms with Gasteiger partial charge < -0.3 is 14.4 Å². The zero-order valence-corrected chi connectivity index (χ0v) is 22.9. The summed E-state index contributed by atoms with van der Waals surface area (Å²) >= 11 is 0. The molecule has 0 aromatic heterocycles. The fourth-order valence-electron chi connectivity index (χ4n) is 4.39. The second-order valence-electron chi connectivity index (χ2n) is 9.90. The van der Waals surface area contributed by atoms with Crippen LogP contribution in [-0.2, 0) is 11.2 Å². The normalized spacial score (nSPS) is 10.8. The first kappa shape index (κ1) is 26.8. The quantitative estimate of drug-likeness (QED) is 0.134. The summed E-state index contributed by atoms with van der Waals surface area (Å²) < 4.78 is 11.4. The van der Waals surface area contributed by atoms with Crippen molar-refractivity contribution >= 4 is 23.0 Å². The largest absolute Gasteiger partial charge is 0.493 e. The fraction of sp³-hybridized carbons (Fsp3) is 0.139. The van der Waals surface area contributed by atoms with E-state index in [1.54, 1.807) is 0 Å². The van der Waals surface area contributed by atoms with Gasteiger partial charge in [-0.05, 0) is 77.4 Å². The standard InChI is InChI=1S/C36H33NO3/c1-27(2)36(38)40-35-21-13-28(14-22-35)25-26-39-34-23-19-33(20-24-34)37(31-11-7-4-8-12-31)32-17-15-30(16-18-32)29-9-5-3-6-10-29/h3-24,27H,25-26H2,1-2H3. The van der Waals surface area contributed by atoms with E-state index < -0.39 is 0 Å². The lowest BCUT2D eigenvalue weighted by Crippen LogP contribution is -2.14. The molecule has 0 saturated carbocycles. The molecule has 0 radical (unpaired) electrons. The molecule has 5 aromatic rings. The van der Waals surface area contributed by atoms with Gasteiger partial charge in [0.05, 0.1) is 12.5 Å². The summed E-state index contributed by atoms with van der Waals surface area (Å²) in [5.74, 6) is 1.00. The molecule has 5 aromatic carbocycles. The van der Waals surface area contributed by atoms with Crippen LogP contribution in [0.3, 0.4) is 0 Å². The number of para-hydroxylation sites is 1. The highest BCUT2D eigenvalue weighted by atomic mass is 16.5. The van der Waals surface area contributed by atoms with Crippen molar-refractivity contribution in [3.63, 3.8) is 0 Å². The molecule has 0 fully saturated rings. The summed E-state index contributed by atoms with van der Waals surface area (Å²) in [6.07, 6.45) is 0.754. The van der Waals surface area contributed by atoms with Crippen LogP contribution < -0.4 is 14.4 Å². The number of carbonyl (C=O) groups excluding carboxylic acids is 1. The average Bonchev–Trinajstić information content (AvgIpc) is 3.00. The van der Waals surface area contributed by atoms with Crippen LogP contribution in [-0.4, -0.2) is 12.6 Å². The Morgan fingerprint density at radius 1 is 0.600 bits per heavy atom. The molecule has 0 aliphatic heterocycles. The summed E-state index contributed by atoms with van der Waals surface area (Å²) in [5, 5.41) is 0. The fourth-order valence-corrected chi connectivity index (χ4v) is 4.39. The highest BCUT2D eigenvalue weighted by Crippen LogP contribution is 2.36. The van der Waals surface area contributed by atoms with Crippen molar-refractivity contribution < 1.29 is 14.3 Å². The van der Waals surface area contributed by atoms with Crippen LogP contribution in [0.15, 0.2) is 133 Å². The minimum Gasteiger partial charge on any atom is -0.493 e. The van der Waals surface area contributed by atoms with Crippen LogP contribution in [0.2, 0.25) is 0 Å². The van der Waals surface area contributed by atoms with E-state index in [4.69, 9.17) is 9.47 Å². The zero-order chi connectivity index (χ0) is 27.7. The Morgan fingerprint density at radius 3 is 1.70 bits per heavy atom. The second kappa shape index (κ2) is 12.8. The van der Waals surface area contributed by atoms with Gasteiger partial charge in [0.15, 0.2) is 0 Å². The molecule has 0 aliphatic carbocycles. The Kier molecular flexibility index (Phi) is 8.57. The van der Waals surface area contributed by atoms with E-state index in [0.29, 0.717) is 12.4 Å². The number of anilines is 3. The molecule has 0 aliphatic rings. The summed E-state index contributed by atoms with van der Waals surface area (Å²) in [4.78, 5) is 14.0. The van der Waals surface area contributed by atoms with E-state index in [-0.39, 0.29) is 11.9 Å². The van der Waals surface area contributed by atoms with Crippen LogP contribution in [0.1, 0.15) is 19.4 Å². The maximum atomic E-state index is 11.8. The molecule has 5 rings (SSSR count). The lowest BCUT2D eigenvalue weighted by atomic mass is 10.0. The predicted octanol–water partition coefficient (Wildman–Crippen LogP) is 9.01. The van der Waals surface area contributed by atoms with Crippen LogP contribution in [0.4, 0.5) is 17.1 Å². The molecule has 0 unspecified atom stereocenters. The van der Waals surface area contributed by atoms with Gasteiger partial charge >= 0.3 is 5.97 Å². The van der Waals surface area contributed by atoms with E-state index in [1.165, 1.54) is 11.1 Å². The third kappa shape index (κ3) is 6.78. The van der Waals surface area contributed by atoms with Gasteiger partial charge in [-0.15, -0.1) is 0 Å². The van der Waals surface area contributed by atoms with Crippen LogP contribution in [0, 0.1) is 5.92 Å². The van der Waals surface area contributed by atoms with E-state index in [1.807, 2.05) is 62.4 Å². The van der Waals surface area contributed by atoms with Crippen molar-refractivity contribution in [1.82, 2.24) is 0 Å². The molecule has 0 amide bonds. The van der Waals surface area contributed by atoms with Crippen molar-refractivity contribution in [2.75, 3.05) is 11.5 Å². The molecule has 0 bridgehead atoms. The lowest BCUT2D eigenvalue weighted by molar-refractivity contribution is -0.137. The van der Waals surface area contributed by atoms with E-state index in [9.17, 15) is 4.79 Å². The summed E-state index contributed by atoms with van der Waals surface area (Å²) in [5.41, 5.74) is 6.74. The molecule has 0 saturated heterocycles. The minimum absolute atomic E-state index is 0.153. The van der Waals surface area contributed by atoms with E-state index >= 15 is 0 Å². The Labute approximate surface area is 236 Å². The van der Waals surface area contributed by atoms with Gasteiger partial charge in [-0.1, -0.05) is 86.6 Å². The Bertz CT molecular complexity index is 1500. The van der Waals surface area contributed by atoms with Crippen molar-refractivity contribution in [3.8, 4) is 22.6 Å². The van der Waals surface area contributed by atoms with Gasteiger partial charge in [-0.25, -0.2) is 0 Å². The number of nitrogens with zero attached hydrogens (tertiary/aromatic N) is 1. The van der Waals surface area contributed by atoms with Crippen LogP contribution in [0.5, 0.6) is 11.5 Å². The number of hydrogen-bond acceptors (Lipinski definition) is 4. The smallest absolute Gasteiger partial charge is 0.313 e. The van der Waals surface area contributed by atoms with Crippen molar-refractivity contribution in [2.45, 2.75) is 20.3 Å². The predicted molar refractivity (Wildman–Crippen MR) is 163 cm³/mol. The van der Waals surface area contributed by atoms with Crippen molar-refractivity contribution in [1.29, 1.82) is 0 Å². The Balaban J connectivity index is 1.25. The number of rotatable bonds is 10. The SMILES string of the molecule is CC(C)C(=O)Oc1ccc(CCOc2ccc(N(c3ccccc3)c3ccc(-c4ccccc4)cc3)cc2)cc1. The first-order valence-corrected chi connectivity index (χ1v) is 13.6. The topological polar surface area (TPSA) is 38.8 Å². The van der Waals surface area contributed by atoms with Gasteiger partial charge in [-0.3, -0.25) is 4.79 Å². The molecule has 200 valence electrons. The van der Waals surface area contributed by atoms with Crippen LogP contribution >= 0.6 is 0 Å². The van der Waals surface area contributed by atoms with E-state index in [2.05, 4.69) is 89.8 Å². The van der Waals surface area contributed by atoms with Crippen molar-refractivity contribution in [3.05, 3.63) is 139 Å². The summed E-state index contributed by atoms with van der Waals surface area (Å²) in [6, 6.07) is 45.2. The molecular formula is C36H33NO3. The number of esters is 1. The Hall–Kier alpha value is -4.83. The first-order chi connectivity index (χ1) is 19.6. The second-order valence-corrected chi connectivity index (χ2v) is 9.90. The van der Waals surface area contributed by atoms with Crippen molar-refractivity contribution in [2.24, 2.45) is 5.92 Å². The van der Waals surface area contributed by atoms with E-state index in [0.717, 1.165) is 34.8 Å². The maximum absolute atomic E-state index is 11.8. The van der Waals surface area contributed by atoms with Gasteiger partial charge in [0.2, 0.25) is 0 Å². The molecule has 4 nitrogen and oxygen atoms in total. The molecule has 0 heterocycles. The monoisotopic (exact) mass is 527 g/mol. The number of carbonyl (C=O) groups is 1. The number of ether oxygens (including phenoxy) is 2. The van der Waals surface area contributed by atoms with Gasteiger partial charge in [0.1, 0.15) is 11.5 Å². The lowest BCUT2D eigenvalue weighted by Gasteiger charge is -2.26. The average molecular weight is 528 g/mol. The molecule has 0 atom stereocenters.